The SMILES string of the molecule is CC(C)C1CCC1NC1CC1C. The second-order valence-electron chi connectivity index (χ2n) is 5.08. The van der Waals surface area contributed by atoms with Gasteiger partial charge in [0.2, 0.25) is 0 Å². The zero-order valence-electron chi connectivity index (χ0n) is 8.51. The molecule has 70 valence electrons. The normalized spacial score (nSPS) is 46.0. The lowest BCUT2D eigenvalue weighted by Gasteiger charge is -2.40. The minimum absolute atomic E-state index is 0.861. The van der Waals surface area contributed by atoms with Crippen molar-refractivity contribution in [2.45, 2.75) is 52.1 Å². The van der Waals surface area contributed by atoms with Gasteiger partial charge in [-0.15, -0.1) is 0 Å². The molecule has 4 atom stereocenters. The zero-order valence-corrected chi connectivity index (χ0v) is 8.51. The Hall–Kier alpha value is -0.0400. The number of rotatable bonds is 3. The fourth-order valence-corrected chi connectivity index (χ4v) is 2.36. The molecule has 0 heterocycles. The van der Waals surface area contributed by atoms with E-state index in [9.17, 15) is 0 Å². The zero-order chi connectivity index (χ0) is 8.72. The van der Waals surface area contributed by atoms with Gasteiger partial charge in [0.25, 0.3) is 0 Å². The van der Waals surface area contributed by atoms with Crippen LogP contribution in [0.25, 0.3) is 0 Å². The molecule has 0 aromatic heterocycles. The van der Waals surface area contributed by atoms with E-state index in [0.717, 1.165) is 29.8 Å². The minimum Gasteiger partial charge on any atom is -0.311 e. The van der Waals surface area contributed by atoms with Crippen molar-refractivity contribution in [1.29, 1.82) is 0 Å². The highest BCUT2D eigenvalue weighted by molar-refractivity contribution is 4.97. The molecule has 12 heavy (non-hydrogen) atoms. The highest BCUT2D eigenvalue weighted by Gasteiger charge is 2.40. The van der Waals surface area contributed by atoms with Gasteiger partial charge in [0.05, 0.1) is 0 Å². The Morgan fingerprint density at radius 2 is 1.83 bits per heavy atom. The Morgan fingerprint density at radius 3 is 2.17 bits per heavy atom. The molecule has 0 saturated heterocycles. The Kier molecular flexibility index (Phi) is 2.16. The summed E-state index contributed by atoms with van der Waals surface area (Å²) in [6.45, 7) is 7.06. The predicted molar refractivity (Wildman–Crippen MR) is 52.1 cm³/mol. The summed E-state index contributed by atoms with van der Waals surface area (Å²) in [5, 5.41) is 3.77. The van der Waals surface area contributed by atoms with Gasteiger partial charge in [0, 0.05) is 12.1 Å². The fourth-order valence-electron chi connectivity index (χ4n) is 2.36. The molecule has 0 aromatic carbocycles. The molecule has 0 bridgehead atoms. The molecule has 2 aliphatic carbocycles. The van der Waals surface area contributed by atoms with Crippen LogP contribution in [-0.4, -0.2) is 12.1 Å². The number of hydrogen-bond donors (Lipinski definition) is 1. The lowest BCUT2D eigenvalue weighted by Crippen LogP contribution is -2.47. The topological polar surface area (TPSA) is 12.0 Å². The molecule has 4 unspecified atom stereocenters. The van der Waals surface area contributed by atoms with E-state index >= 15 is 0 Å². The first kappa shape index (κ1) is 8.55. The number of hydrogen-bond acceptors (Lipinski definition) is 1. The van der Waals surface area contributed by atoms with Gasteiger partial charge >= 0.3 is 0 Å². The summed E-state index contributed by atoms with van der Waals surface area (Å²) in [6.07, 6.45) is 4.30. The summed E-state index contributed by atoms with van der Waals surface area (Å²) < 4.78 is 0. The maximum absolute atomic E-state index is 3.77. The van der Waals surface area contributed by atoms with Gasteiger partial charge in [-0.3, -0.25) is 0 Å². The van der Waals surface area contributed by atoms with E-state index in [1.165, 1.54) is 19.3 Å². The first-order valence-electron chi connectivity index (χ1n) is 5.44. The molecular formula is C11H21N. The van der Waals surface area contributed by atoms with Crippen LogP contribution in [0.1, 0.15) is 40.0 Å². The summed E-state index contributed by atoms with van der Waals surface area (Å²) in [5.41, 5.74) is 0. The summed E-state index contributed by atoms with van der Waals surface area (Å²) in [7, 11) is 0. The third kappa shape index (κ3) is 1.52. The second-order valence-corrected chi connectivity index (χ2v) is 5.08. The average molecular weight is 167 g/mol. The van der Waals surface area contributed by atoms with Crippen molar-refractivity contribution in [2.75, 3.05) is 0 Å². The molecule has 1 nitrogen and oxygen atoms in total. The Balaban J connectivity index is 1.74. The quantitative estimate of drug-likeness (QED) is 0.680. The molecule has 2 rings (SSSR count). The van der Waals surface area contributed by atoms with Crippen LogP contribution in [0.3, 0.4) is 0 Å². The Bertz CT molecular complexity index is 164. The van der Waals surface area contributed by atoms with Crippen LogP contribution in [0.15, 0.2) is 0 Å². The van der Waals surface area contributed by atoms with Gasteiger partial charge in [0.1, 0.15) is 0 Å². The van der Waals surface area contributed by atoms with Gasteiger partial charge in [0.15, 0.2) is 0 Å². The molecule has 0 aromatic rings. The van der Waals surface area contributed by atoms with Crippen LogP contribution in [0.2, 0.25) is 0 Å². The van der Waals surface area contributed by atoms with Gasteiger partial charge in [-0.1, -0.05) is 20.8 Å². The van der Waals surface area contributed by atoms with Crippen molar-refractivity contribution >= 4 is 0 Å². The summed E-state index contributed by atoms with van der Waals surface area (Å²) in [6, 6.07) is 1.73. The van der Waals surface area contributed by atoms with E-state index in [2.05, 4.69) is 26.1 Å². The van der Waals surface area contributed by atoms with E-state index in [1.807, 2.05) is 0 Å². The van der Waals surface area contributed by atoms with Crippen molar-refractivity contribution in [3.05, 3.63) is 0 Å². The molecule has 2 saturated carbocycles. The lowest BCUT2D eigenvalue weighted by molar-refractivity contribution is 0.152. The summed E-state index contributed by atoms with van der Waals surface area (Å²) >= 11 is 0. The minimum atomic E-state index is 0.861. The van der Waals surface area contributed by atoms with E-state index in [0.29, 0.717) is 0 Å². The van der Waals surface area contributed by atoms with Crippen LogP contribution < -0.4 is 5.32 Å². The molecule has 2 fully saturated rings. The fraction of sp³-hybridized carbons (Fsp3) is 1.00. The van der Waals surface area contributed by atoms with Crippen molar-refractivity contribution in [3.8, 4) is 0 Å². The van der Waals surface area contributed by atoms with Gasteiger partial charge in [-0.2, -0.15) is 0 Å². The third-order valence-electron chi connectivity index (χ3n) is 3.72. The smallest absolute Gasteiger partial charge is 0.0101 e. The highest BCUT2D eigenvalue weighted by atomic mass is 15.0. The number of nitrogens with one attached hydrogen (secondary N) is 1. The van der Waals surface area contributed by atoms with Crippen molar-refractivity contribution < 1.29 is 0 Å². The van der Waals surface area contributed by atoms with Crippen molar-refractivity contribution in [3.63, 3.8) is 0 Å². The van der Waals surface area contributed by atoms with E-state index < -0.39 is 0 Å². The largest absolute Gasteiger partial charge is 0.311 e. The molecule has 1 heteroatoms. The summed E-state index contributed by atoms with van der Waals surface area (Å²) in [5.74, 6) is 2.81. The average Bonchev–Trinajstić information content (AvgIpc) is 2.58. The molecule has 2 aliphatic rings. The van der Waals surface area contributed by atoms with Gasteiger partial charge in [-0.05, 0) is 37.0 Å². The van der Waals surface area contributed by atoms with Crippen molar-refractivity contribution in [2.24, 2.45) is 17.8 Å². The first-order valence-corrected chi connectivity index (χ1v) is 5.44. The molecule has 0 spiro atoms. The molecule has 0 amide bonds. The maximum Gasteiger partial charge on any atom is 0.0101 e. The van der Waals surface area contributed by atoms with Crippen LogP contribution in [0, 0.1) is 17.8 Å². The monoisotopic (exact) mass is 167 g/mol. The highest BCUT2D eigenvalue weighted by Crippen LogP contribution is 2.38. The molecule has 0 aliphatic heterocycles. The van der Waals surface area contributed by atoms with E-state index in [1.54, 1.807) is 0 Å². The van der Waals surface area contributed by atoms with E-state index in [-0.39, 0.29) is 0 Å². The van der Waals surface area contributed by atoms with E-state index in [4.69, 9.17) is 0 Å². The van der Waals surface area contributed by atoms with Crippen molar-refractivity contribution in [1.82, 2.24) is 5.32 Å². The standard InChI is InChI=1S/C11H21N/c1-7(2)9-4-5-10(9)12-11-6-8(11)3/h7-12H,4-6H2,1-3H3. The van der Waals surface area contributed by atoms with Crippen LogP contribution >= 0.6 is 0 Å². The lowest BCUT2D eigenvalue weighted by atomic mass is 9.73. The predicted octanol–water partition coefficient (Wildman–Crippen LogP) is 2.42. The molecule has 1 N–H and O–H groups in total. The van der Waals surface area contributed by atoms with Crippen LogP contribution in [0.5, 0.6) is 0 Å². The first-order chi connectivity index (χ1) is 5.68. The second kappa shape index (κ2) is 3.02. The summed E-state index contributed by atoms with van der Waals surface area (Å²) in [4.78, 5) is 0. The van der Waals surface area contributed by atoms with Gasteiger partial charge < -0.3 is 5.32 Å². The molecular weight excluding hydrogens is 146 g/mol. The van der Waals surface area contributed by atoms with Gasteiger partial charge in [-0.25, -0.2) is 0 Å². The third-order valence-corrected chi connectivity index (χ3v) is 3.72. The van der Waals surface area contributed by atoms with Crippen LogP contribution in [-0.2, 0) is 0 Å². The Labute approximate surface area is 75.9 Å². The van der Waals surface area contributed by atoms with Crippen LogP contribution in [0.4, 0.5) is 0 Å². The molecule has 0 radical (unpaired) electrons. The Morgan fingerprint density at radius 1 is 1.17 bits per heavy atom. The maximum atomic E-state index is 3.77.